The van der Waals surface area contributed by atoms with Crippen LogP contribution in [0.15, 0.2) is 42.7 Å². The maximum atomic E-state index is 6.12. The molecule has 1 saturated carbocycles. The molecular formula is C16H14ClN3O. The highest BCUT2D eigenvalue weighted by Crippen LogP contribution is 2.57. The van der Waals surface area contributed by atoms with Crippen LogP contribution in [0.2, 0.25) is 5.15 Å². The zero-order valence-electron chi connectivity index (χ0n) is 11.5. The zero-order valence-corrected chi connectivity index (χ0v) is 12.3. The molecule has 0 radical (unpaired) electrons. The summed E-state index contributed by atoms with van der Waals surface area (Å²) in [6.07, 6.45) is 4.66. The Balaban J connectivity index is 1.74. The van der Waals surface area contributed by atoms with Gasteiger partial charge in [-0.3, -0.25) is 0 Å². The topological polar surface area (TPSA) is 39.4 Å². The smallest absolute Gasteiger partial charge is 0.157 e. The molecule has 0 aliphatic heterocycles. The minimum atomic E-state index is 0.423. The second kappa shape index (κ2) is 4.74. The van der Waals surface area contributed by atoms with Gasteiger partial charge in [0, 0.05) is 18.0 Å². The molecule has 2 unspecified atom stereocenters. The van der Waals surface area contributed by atoms with Gasteiger partial charge in [-0.15, -0.1) is 0 Å². The normalized spacial score (nSPS) is 20.7. The molecule has 1 aliphatic rings. The van der Waals surface area contributed by atoms with E-state index < -0.39 is 0 Å². The summed E-state index contributed by atoms with van der Waals surface area (Å²) in [5.41, 5.74) is 3.31. The van der Waals surface area contributed by atoms with Crippen LogP contribution in [0.25, 0.3) is 5.65 Å². The Kier molecular flexibility index (Phi) is 2.86. The van der Waals surface area contributed by atoms with Crippen LogP contribution < -0.4 is 4.74 Å². The van der Waals surface area contributed by atoms with Crippen LogP contribution in [0.3, 0.4) is 0 Å². The Morgan fingerprint density at radius 2 is 2.05 bits per heavy atom. The zero-order chi connectivity index (χ0) is 14.4. The molecule has 106 valence electrons. The number of benzene rings is 1. The fourth-order valence-electron chi connectivity index (χ4n) is 3.04. The first-order valence-corrected chi connectivity index (χ1v) is 7.28. The molecule has 1 aliphatic carbocycles. The van der Waals surface area contributed by atoms with Gasteiger partial charge in [-0.1, -0.05) is 29.8 Å². The van der Waals surface area contributed by atoms with E-state index in [-0.39, 0.29) is 0 Å². The predicted octanol–water partition coefficient (Wildman–Crippen LogP) is 3.66. The molecule has 3 aromatic rings. The number of ether oxygens (including phenoxy) is 1. The molecule has 0 spiro atoms. The number of rotatable bonds is 3. The third-order valence-corrected chi connectivity index (χ3v) is 4.27. The summed E-state index contributed by atoms with van der Waals surface area (Å²) in [6.45, 7) is 0. The summed E-state index contributed by atoms with van der Waals surface area (Å²) in [7, 11) is 1.71. The lowest BCUT2D eigenvalue weighted by atomic mass is 10.0. The van der Waals surface area contributed by atoms with Gasteiger partial charge in [0.15, 0.2) is 5.65 Å². The molecule has 4 nitrogen and oxygen atoms in total. The van der Waals surface area contributed by atoms with Gasteiger partial charge in [0.2, 0.25) is 0 Å². The quantitative estimate of drug-likeness (QED) is 0.741. The molecule has 2 heterocycles. The Morgan fingerprint density at radius 3 is 2.90 bits per heavy atom. The average Bonchev–Trinajstić information content (AvgIpc) is 3.16. The van der Waals surface area contributed by atoms with Gasteiger partial charge in [0.1, 0.15) is 10.9 Å². The van der Waals surface area contributed by atoms with Gasteiger partial charge in [0.05, 0.1) is 7.11 Å². The number of imidazole rings is 1. The standard InChI is InChI=1S/C16H14ClN3O/c1-21-14-5-3-2-4-10(14)11-8-12(11)13-9-15(17)19-20-7-6-18-16(13)20/h2-7,9,11-12H,8H2,1H3. The highest BCUT2D eigenvalue weighted by atomic mass is 35.5. The fraction of sp³-hybridized carbons (Fsp3) is 0.250. The molecule has 4 rings (SSSR count). The van der Waals surface area contributed by atoms with Gasteiger partial charge in [-0.05, 0) is 36.0 Å². The van der Waals surface area contributed by atoms with E-state index >= 15 is 0 Å². The van der Waals surface area contributed by atoms with E-state index in [1.54, 1.807) is 17.8 Å². The van der Waals surface area contributed by atoms with Gasteiger partial charge < -0.3 is 4.74 Å². The summed E-state index contributed by atoms with van der Waals surface area (Å²) in [5, 5.41) is 4.73. The van der Waals surface area contributed by atoms with Crippen molar-refractivity contribution in [1.82, 2.24) is 14.6 Å². The number of para-hydroxylation sites is 1. The van der Waals surface area contributed by atoms with Crippen molar-refractivity contribution in [2.75, 3.05) is 7.11 Å². The molecule has 0 amide bonds. The van der Waals surface area contributed by atoms with Crippen molar-refractivity contribution in [3.63, 3.8) is 0 Å². The van der Waals surface area contributed by atoms with Crippen LogP contribution in [0.4, 0.5) is 0 Å². The van der Waals surface area contributed by atoms with Gasteiger partial charge >= 0.3 is 0 Å². The van der Waals surface area contributed by atoms with Crippen LogP contribution in [-0.4, -0.2) is 21.7 Å². The number of nitrogens with zero attached hydrogens (tertiary/aromatic N) is 3. The second-order valence-corrected chi connectivity index (χ2v) is 5.70. The van der Waals surface area contributed by atoms with Crippen molar-refractivity contribution in [3.8, 4) is 5.75 Å². The summed E-state index contributed by atoms with van der Waals surface area (Å²) in [6, 6.07) is 10.1. The van der Waals surface area contributed by atoms with E-state index in [1.807, 2.05) is 24.4 Å². The van der Waals surface area contributed by atoms with E-state index in [0.29, 0.717) is 17.0 Å². The van der Waals surface area contributed by atoms with Crippen LogP contribution >= 0.6 is 11.6 Å². The third kappa shape index (κ3) is 2.07. The van der Waals surface area contributed by atoms with E-state index in [9.17, 15) is 0 Å². The Bertz CT molecular complexity index is 814. The molecule has 0 bridgehead atoms. The van der Waals surface area contributed by atoms with Crippen molar-refractivity contribution in [1.29, 1.82) is 0 Å². The van der Waals surface area contributed by atoms with Crippen molar-refractivity contribution < 1.29 is 4.74 Å². The summed E-state index contributed by atoms with van der Waals surface area (Å²) in [4.78, 5) is 4.40. The van der Waals surface area contributed by atoms with Crippen LogP contribution in [0.1, 0.15) is 29.4 Å². The highest BCUT2D eigenvalue weighted by molar-refractivity contribution is 6.29. The first-order chi connectivity index (χ1) is 10.3. The SMILES string of the molecule is COc1ccccc1C1CC1c1cc(Cl)nn2ccnc12. The average molecular weight is 300 g/mol. The molecule has 21 heavy (non-hydrogen) atoms. The molecule has 1 fully saturated rings. The van der Waals surface area contributed by atoms with Gasteiger partial charge in [-0.2, -0.15) is 5.10 Å². The van der Waals surface area contributed by atoms with Crippen molar-refractivity contribution in [2.45, 2.75) is 18.3 Å². The number of aromatic nitrogens is 3. The monoisotopic (exact) mass is 299 g/mol. The Hall–Kier alpha value is -2.07. The maximum absolute atomic E-state index is 6.12. The second-order valence-electron chi connectivity index (χ2n) is 5.31. The van der Waals surface area contributed by atoms with Crippen molar-refractivity contribution in [2.24, 2.45) is 0 Å². The summed E-state index contributed by atoms with van der Waals surface area (Å²) < 4.78 is 7.21. The lowest BCUT2D eigenvalue weighted by Crippen LogP contribution is -1.97. The predicted molar refractivity (Wildman–Crippen MR) is 81.1 cm³/mol. The van der Waals surface area contributed by atoms with Crippen LogP contribution in [-0.2, 0) is 0 Å². The molecular weight excluding hydrogens is 286 g/mol. The Labute approximate surface area is 127 Å². The molecule has 2 atom stereocenters. The van der Waals surface area contributed by atoms with Crippen LogP contribution in [0, 0.1) is 0 Å². The van der Waals surface area contributed by atoms with Gasteiger partial charge in [0.25, 0.3) is 0 Å². The number of halogens is 1. The molecule has 2 aromatic heterocycles. The molecule has 1 aromatic carbocycles. The third-order valence-electron chi connectivity index (χ3n) is 4.09. The van der Waals surface area contributed by atoms with Crippen molar-refractivity contribution in [3.05, 3.63) is 59.0 Å². The fourth-order valence-corrected chi connectivity index (χ4v) is 3.24. The van der Waals surface area contributed by atoms with Crippen molar-refractivity contribution >= 4 is 17.2 Å². The summed E-state index contributed by atoms with van der Waals surface area (Å²) in [5.74, 6) is 1.83. The van der Waals surface area contributed by atoms with E-state index in [4.69, 9.17) is 16.3 Å². The van der Waals surface area contributed by atoms with Crippen LogP contribution in [0.5, 0.6) is 5.75 Å². The number of methoxy groups -OCH3 is 1. The lowest BCUT2D eigenvalue weighted by Gasteiger charge is -2.08. The largest absolute Gasteiger partial charge is 0.496 e. The number of fused-ring (bicyclic) bond motifs is 1. The van der Waals surface area contributed by atoms with E-state index in [2.05, 4.69) is 22.2 Å². The summed E-state index contributed by atoms with van der Waals surface area (Å²) >= 11 is 6.12. The van der Waals surface area contributed by atoms with Gasteiger partial charge in [-0.25, -0.2) is 9.50 Å². The Morgan fingerprint density at radius 1 is 1.24 bits per heavy atom. The number of hydrogen-bond donors (Lipinski definition) is 0. The minimum Gasteiger partial charge on any atom is -0.496 e. The number of hydrogen-bond acceptors (Lipinski definition) is 3. The maximum Gasteiger partial charge on any atom is 0.157 e. The minimum absolute atomic E-state index is 0.423. The first-order valence-electron chi connectivity index (χ1n) is 6.90. The van der Waals surface area contributed by atoms with E-state index in [1.165, 1.54) is 5.56 Å². The molecule has 5 heteroatoms. The first kappa shape index (κ1) is 12.7. The highest BCUT2D eigenvalue weighted by Gasteiger charge is 2.42. The molecule has 0 saturated heterocycles. The lowest BCUT2D eigenvalue weighted by molar-refractivity contribution is 0.409. The molecule has 0 N–H and O–H groups in total. The van der Waals surface area contributed by atoms with E-state index in [0.717, 1.165) is 23.4 Å².